The van der Waals surface area contributed by atoms with Crippen molar-refractivity contribution in [2.75, 3.05) is 12.4 Å². The summed E-state index contributed by atoms with van der Waals surface area (Å²) in [6.45, 7) is 3.73. The van der Waals surface area contributed by atoms with Crippen molar-refractivity contribution >= 4 is 18.2 Å². The number of halogens is 1. The van der Waals surface area contributed by atoms with E-state index in [4.69, 9.17) is 15.3 Å². The third-order valence-electron chi connectivity index (χ3n) is 7.88. The number of allylic oxidation sites excluding steroid dienone is 3. The quantitative estimate of drug-likeness (QED) is 0.0811. The van der Waals surface area contributed by atoms with Crippen molar-refractivity contribution in [3.05, 3.63) is 89.1 Å². The molecule has 1 unspecified atom stereocenters. The van der Waals surface area contributed by atoms with Crippen molar-refractivity contribution in [2.45, 2.75) is 51.7 Å². The molecular formula is C31H35FN4O3. The molecule has 0 aliphatic heterocycles. The number of ether oxygens (including phenoxy) is 1. The monoisotopic (exact) mass is 530 g/mol. The van der Waals surface area contributed by atoms with Crippen LogP contribution >= 0.6 is 0 Å². The Hall–Kier alpha value is -3.80. The van der Waals surface area contributed by atoms with Crippen LogP contribution in [0.15, 0.2) is 76.6 Å². The lowest BCUT2D eigenvalue weighted by Gasteiger charge is -2.29. The molecule has 1 atom stereocenters. The van der Waals surface area contributed by atoms with Gasteiger partial charge in [-0.15, -0.1) is 0 Å². The van der Waals surface area contributed by atoms with Crippen molar-refractivity contribution in [2.24, 2.45) is 27.2 Å². The van der Waals surface area contributed by atoms with E-state index in [1.165, 1.54) is 38.2 Å². The SMILES string of the molecule is C=N/C(=C\C=C/CC1CCC2(CC1)CC2C(=NC)Nc1ccc(COO)cc1)OCc1ccc(C#N)cc1F. The fourth-order valence-corrected chi connectivity index (χ4v) is 5.43. The zero-order chi connectivity index (χ0) is 27.7. The third-order valence-corrected chi connectivity index (χ3v) is 7.88. The lowest BCUT2D eigenvalue weighted by molar-refractivity contribution is -0.253. The fourth-order valence-electron chi connectivity index (χ4n) is 5.43. The molecule has 2 fully saturated rings. The van der Waals surface area contributed by atoms with Crippen molar-refractivity contribution in [3.63, 3.8) is 0 Å². The molecule has 2 aliphatic carbocycles. The number of hydrogen-bond acceptors (Lipinski definition) is 6. The highest BCUT2D eigenvalue weighted by atomic mass is 19.1. The average Bonchev–Trinajstić information content (AvgIpc) is 3.66. The maximum atomic E-state index is 14.1. The minimum absolute atomic E-state index is 0.0179. The number of nitrogens with zero attached hydrogens (tertiary/aromatic N) is 3. The average molecular weight is 531 g/mol. The van der Waals surface area contributed by atoms with E-state index in [0.29, 0.717) is 28.7 Å². The minimum atomic E-state index is -0.475. The van der Waals surface area contributed by atoms with Gasteiger partial charge in [0.15, 0.2) is 0 Å². The van der Waals surface area contributed by atoms with Crippen molar-refractivity contribution < 1.29 is 19.3 Å². The largest absolute Gasteiger partial charge is 0.473 e. The van der Waals surface area contributed by atoms with Gasteiger partial charge in [0.2, 0.25) is 5.88 Å². The van der Waals surface area contributed by atoms with Crippen LogP contribution in [0.3, 0.4) is 0 Å². The number of amidine groups is 1. The van der Waals surface area contributed by atoms with Crippen LogP contribution in [0, 0.1) is 34.4 Å². The molecule has 2 N–H and O–H groups in total. The first kappa shape index (κ1) is 28.2. The predicted octanol–water partition coefficient (Wildman–Crippen LogP) is 7.03. The molecule has 0 radical (unpaired) electrons. The molecule has 8 heteroatoms. The van der Waals surface area contributed by atoms with Crippen LogP contribution in [-0.2, 0) is 22.8 Å². The molecule has 0 heterocycles. The van der Waals surface area contributed by atoms with Gasteiger partial charge in [-0.1, -0.05) is 30.4 Å². The number of rotatable bonds is 11. The molecule has 204 valence electrons. The molecule has 39 heavy (non-hydrogen) atoms. The van der Waals surface area contributed by atoms with E-state index in [2.05, 4.69) is 33.0 Å². The summed E-state index contributed by atoms with van der Waals surface area (Å²) in [6, 6.07) is 14.0. The molecule has 0 aromatic heterocycles. The molecule has 7 nitrogen and oxygen atoms in total. The minimum Gasteiger partial charge on any atom is -0.473 e. The molecule has 0 bridgehead atoms. The first-order valence-electron chi connectivity index (χ1n) is 13.2. The molecule has 2 saturated carbocycles. The van der Waals surface area contributed by atoms with Crippen LogP contribution in [0.25, 0.3) is 0 Å². The van der Waals surface area contributed by atoms with E-state index < -0.39 is 5.82 Å². The molecule has 2 aliphatic rings. The van der Waals surface area contributed by atoms with Gasteiger partial charge in [0.25, 0.3) is 0 Å². The van der Waals surface area contributed by atoms with Crippen LogP contribution in [0.4, 0.5) is 10.1 Å². The smallest absolute Gasteiger partial charge is 0.212 e. The Kier molecular flexibility index (Phi) is 9.64. The lowest BCUT2D eigenvalue weighted by Crippen LogP contribution is -2.23. The van der Waals surface area contributed by atoms with Gasteiger partial charge in [-0.05, 0) is 92.5 Å². The second-order valence-corrected chi connectivity index (χ2v) is 10.3. The molecule has 1 spiro atoms. The van der Waals surface area contributed by atoms with E-state index in [0.717, 1.165) is 23.5 Å². The Balaban J connectivity index is 1.21. The van der Waals surface area contributed by atoms with Crippen LogP contribution in [-0.4, -0.2) is 24.9 Å². The Morgan fingerprint density at radius 3 is 2.64 bits per heavy atom. The summed E-state index contributed by atoms with van der Waals surface area (Å²) in [5.41, 5.74) is 2.90. The fraction of sp³-hybridized carbons (Fsp3) is 0.387. The lowest BCUT2D eigenvalue weighted by atomic mass is 9.77. The van der Waals surface area contributed by atoms with Gasteiger partial charge in [-0.3, -0.25) is 10.2 Å². The van der Waals surface area contributed by atoms with Crippen LogP contribution in [0.1, 0.15) is 55.2 Å². The second kappa shape index (κ2) is 13.3. The van der Waals surface area contributed by atoms with E-state index in [1.807, 2.05) is 43.5 Å². The van der Waals surface area contributed by atoms with Crippen LogP contribution in [0.2, 0.25) is 0 Å². The first-order valence-corrected chi connectivity index (χ1v) is 13.2. The van der Waals surface area contributed by atoms with E-state index in [-0.39, 0.29) is 18.8 Å². The second-order valence-electron chi connectivity index (χ2n) is 10.3. The number of benzene rings is 2. The summed E-state index contributed by atoms with van der Waals surface area (Å²) < 4.78 is 19.6. The maximum Gasteiger partial charge on any atom is 0.212 e. The van der Waals surface area contributed by atoms with Gasteiger partial charge in [0.05, 0.1) is 11.6 Å². The summed E-state index contributed by atoms with van der Waals surface area (Å²) in [4.78, 5) is 12.7. The Morgan fingerprint density at radius 2 is 2.00 bits per heavy atom. The highest BCUT2D eigenvalue weighted by molar-refractivity contribution is 5.99. The topological polar surface area (TPSA) is 99.2 Å². The van der Waals surface area contributed by atoms with Crippen LogP contribution in [0.5, 0.6) is 0 Å². The van der Waals surface area contributed by atoms with Gasteiger partial charge in [-0.2, -0.15) is 5.26 Å². The number of aliphatic imine (C=N–C) groups is 2. The first-order chi connectivity index (χ1) is 19.0. The van der Waals surface area contributed by atoms with Gasteiger partial charge < -0.3 is 10.1 Å². The van der Waals surface area contributed by atoms with Gasteiger partial charge in [0.1, 0.15) is 24.9 Å². The molecule has 2 aromatic carbocycles. The van der Waals surface area contributed by atoms with Crippen molar-refractivity contribution in [1.82, 2.24) is 0 Å². The Bertz CT molecular complexity index is 1270. The number of nitrogens with one attached hydrogen (secondary N) is 1. The third kappa shape index (κ3) is 7.41. The van der Waals surface area contributed by atoms with E-state index in [1.54, 1.807) is 18.2 Å². The van der Waals surface area contributed by atoms with Crippen molar-refractivity contribution in [1.29, 1.82) is 5.26 Å². The van der Waals surface area contributed by atoms with Crippen molar-refractivity contribution in [3.8, 4) is 6.07 Å². The summed E-state index contributed by atoms with van der Waals surface area (Å²) >= 11 is 0. The zero-order valence-electron chi connectivity index (χ0n) is 22.3. The van der Waals surface area contributed by atoms with Gasteiger partial charge >= 0.3 is 0 Å². The van der Waals surface area contributed by atoms with Crippen LogP contribution < -0.4 is 5.32 Å². The highest BCUT2D eigenvalue weighted by Gasteiger charge is 2.57. The molecule has 0 amide bonds. The molecular weight excluding hydrogens is 495 g/mol. The zero-order valence-corrected chi connectivity index (χ0v) is 22.3. The standard InChI is InChI=1S/C31H35FN4O3/c1-34-29(38-21-25-10-7-24(19-33)17-28(25)32)6-4-3-5-22-13-15-31(16-14-22)18-27(31)30(35-2)36-26-11-8-23(9-12-26)20-39-37/h3-4,6-12,17,22,27,37H,1,5,13-16,18,20-21H2,2H3,(H,35,36)/b4-3-,29-6+. The summed E-state index contributed by atoms with van der Waals surface area (Å²) in [5.74, 6) is 2.02. The number of hydrogen-bond donors (Lipinski definition) is 2. The molecule has 4 rings (SSSR count). The Labute approximate surface area is 229 Å². The summed E-state index contributed by atoms with van der Waals surface area (Å²) in [7, 11) is 1.85. The molecule has 0 saturated heterocycles. The highest BCUT2D eigenvalue weighted by Crippen LogP contribution is 2.62. The predicted molar refractivity (Wildman–Crippen MR) is 151 cm³/mol. The number of anilines is 1. The normalized spacial score (nSPS) is 23.0. The Morgan fingerprint density at radius 1 is 1.23 bits per heavy atom. The van der Waals surface area contributed by atoms with Gasteiger partial charge in [0, 0.05) is 24.2 Å². The summed E-state index contributed by atoms with van der Waals surface area (Å²) in [6.07, 6.45) is 12.8. The van der Waals surface area contributed by atoms with Gasteiger partial charge in [-0.25, -0.2) is 14.3 Å². The molecule has 2 aromatic rings. The summed E-state index contributed by atoms with van der Waals surface area (Å²) in [5, 5.41) is 21.0. The van der Waals surface area contributed by atoms with E-state index >= 15 is 0 Å². The van der Waals surface area contributed by atoms with E-state index in [9.17, 15) is 4.39 Å². The maximum absolute atomic E-state index is 14.1. The number of nitriles is 1.